The van der Waals surface area contributed by atoms with Crippen molar-refractivity contribution in [3.63, 3.8) is 0 Å². The minimum Gasteiger partial charge on any atom is -0.497 e. The maximum atomic E-state index is 12.7. The molecule has 2 heterocycles. The number of ether oxygens (including phenoxy) is 1. The highest BCUT2D eigenvalue weighted by atomic mass is 32.2. The van der Waals surface area contributed by atoms with E-state index in [0.29, 0.717) is 5.75 Å². The molecule has 0 radical (unpaired) electrons. The Morgan fingerprint density at radius 1 is 1.31 bits per heavy atom. The fourth-order valence-electron chi connectivity index (χ4n) is 3.63. The molecule has 1 saturated heterocycles. The van der Waals surface area contributed by atoms with Crippen molar-refractivity contribution >= 4 is 34.4 Å². The molecule has 4 rings (SSSR count). The van der Waals surface area contributed by atoms with Crippen LogP contribution < -0.4 is 10.1 Å². The Kier molecular flexibility index (Phi) is 5.94. The fraction of sp³-hybridized carbons (Fsp3) is 0.364. The maximum Gasteiger partial charge on any atom is 0.233 e. The molecule has 1 aromatic heterocycles. The topological polar surface area (TPSA) is 70.2 Å². The Hall–Kier alpha value is -2.67. The molecule has 1 aliphatic heterocycles. The summed E-state index contributed by atoms with van der Waals surface area (Å²) < 4.78 is 5.21. The highest BCUT2D eigenvalue weighted by Crippen LogP contribution is 2.23. The number of amides is 1. The average Bonchev–Trinajstić information content (AvgIpc) is 3.15. The van der Waals surface area contributed by atoms with Gasteiger partial charge in [-0.15, -0.1) is 0 Å². The van der Waals surface area contributed by atoms with E-state index in [1.165, 1.54) is 17.3 Å². The molecule has 0 aliphatic carbocycles. The molecule has 2 N–H and O–H groups in total. The predicted octanol–water partition coefficient (Wildman–Crippen LogP) is 4.08. The van der Waals surface area contributed by atoms with Crippen molar-refractivity contribution in [3.05, 3.63) is 48.0 Å². The summed E-state index contributed by atoms with van der Waals surface area (Å²) in [5.41, 5.74) is 4.20. The number of nitrogens with zero attached hydrogens (tertiary/aromatic N) is 2. The summed E-state index contributed by atoms with van der Waals surface area (Å²) in [4.78, 5) is 22.6. The largest absolute Gasteiger partial charge is 0.497 e. The number of likely N-dealkylation sites (tertiary alicyclic amines) is 1. The van der Waals surface area contributed by atoms with Gasteiger partial charge in [-0.05, 0) is 61.7 Å². The van der Waals surface area contributed by atoms with E-state index < -0.39 is 0 Å². The molecule has 7 heteroatoms. The van der Waals surface area contributed by atoms with Crippen molar-refractivity contribution in [2.75, 3.05) is 31.3 Å². The zero-order valence-electron chi connectivity index (χ0n) is 16.8. The van der Waals surface area contributed by atoms with Crippen LogP contribution in [0.25, 0.3) is 11.0 Å². The second kappa shape index (κ2) is 8.78. The zero-order valence-corrected chi connectivity index (χ0v) is 17.6. The van der Waals surface area contributed by atoms with E-state index in [-0.39, 0.29) is 11.9 Å². The molecule has 0 unspecified atom stereocenters. The first-order valence-corrected chi connectivity index (χ1v) is 10.9. The number of aromatic amines is 1. The number of rotatable bonds is 6. The van der Waals surface area contributed by atoms with Gasteiger partial charge in [0.15, 0.2) is 5.16 Å². The van der Waals surface area contributed by atoms with Gasteiger partial charge in [-0.25, -0.2) is 4.98 Å². The van der Waals surface area contributed by atoms with Gasteiger partial charge in [0, 0.05) is 24.8 Å². The summed E-state index contributed by atoms with van der Waals surface area (Å²) in [6, 6.07) is 14.3. The van der Waals surface area contributed by atoms with E-state index in [0.717, 1.165) is 53.6 Å². The number of hydrogen-bond acceptors (Lipinski definition) is 5. The smallest absolute Gasteiger partial charge is 0.233 e. The van der Waals surface area contributed by atoms with E-state index in [1.807, 2.05) is 41.3 Å². The number of H-pyrrole nitrogens is 1. The van der Waals surface area contributed by atoms with Gasteiger partial charge in [-0.2, -0.15) is 0 Å². The number of methoxy groups -OCH3 is 1. The summed E-state index contributed by atoms with van der Waals surface area (Å²) in [6.07, 6.45) is 2.07. The van der Waals surface area contributed by atoms with Crippen LogP contribution in [0.15, 0.2) is 47.6 Å². The average molecular weight is 411 g/mol. The number of aryl methyl sites for hydroxylation is 1. The van der Waals surface area contributed by atoms with Gasteiger partial charge in [0.1, 0.15) is 5.75 Å². The quantitative estimate of drug-likeness (QED) is 0.600. The van der Waals surface area contributed by atoms with Gasteiger partial charge in [-0.1, -0.05) is 17.8 Å². The van der Waals surface area contributed by atoms with E-state index in [1.54, 1.807) is 7.11 Å². The van der Waals surface area contributed by atoms with Crippen molar-refractivity contribution in [3.8, 4) is 5.75 Å². The van der Waals surface area contributed by atoms with E-state index in [4.69, 9.17) is 4.74 Å². The number of benzene rings is 2. The zero-order chi connectivity index (χ0) is 20.2. The van der Waals surface area contributed by atoms with Crippen LogP contribution in [-0.2, 0) is 4.79 Å². The van der Waals surface area contributed by atoms with Gasteiger partial charge < -0.3 is 19.9 Å². The number of imidazole rings is 1. The SMILES string of the molecule is COc1ccc(N[C@@H]2CCCN(C(=O)CSc3nc4ccc(C)cc4[nH]3)C2)cc1. The second-order valence-corrected chi connectivity index (χ2v) is 8.37. The van der Waals surface area contributed by atoms with Crippen molar-refractivity contribution in [2.45, 2.75) is 31.0 Å². The van der Waals surface area contributed by atoms with E-state index >= 15 is 0 Å². The van der Waals surface area contributed by atoms with Crippen LogP contribution in [0.2, 0.25) is 0 Å². The van der Waals surface area contributed by atoms with Crippen LogP contribution in [0.3, 0.4) is 0 Å². The number of anilines is 1. The Balaban J connectivity index is 1.31. The molecule has 3 aromatic rings. The number of hydrogen-bond donors (Lipinski definition) is 2. The summed E-state index contributed by atoms with van der Waals surface area (Å²) in [6.45, 7) is 3.60. The van der Waals surface area contributed by atoms with Crippen LogP contribution in [0.5, 0.6) is 5.75 Å². The lowest BCUT2D eigenvalue weighted by Crippen LogP contribution is -2.45. The van der Waals surface area contributed by atoms with Crippen LogP contribution in [0.1, 0.15) is 18.4 Å². The van der Waals surface area contributed by atoms with Gasteiger partial charge >= 0.3 is 0 Å². The molecule has 0 bridgehead atoms. The van der Waals surface area contributed by atoms with Crippen molar-refractivity contribution in [1.29, 1.82) is 0 Å². The number of piperidine rings is 1. The lowest BCUT2D eigenvalue weighted by molar-refractivity contribution is -0.129. The summed E-state index contributed by atoms with van der Waals surface area (Å²) >= 11 is 1.47. The summed E-state index contributed by atoms with van der Waals surface area (Å²) in [5.74, 6) is 1.40. The normalized spacial score (nSPS) is 16.8. The minimum atomic E-state index is 0.160. The molecule has 152 valence electrons. The molecule has 1 amide bonds. The van der Waals surface area contributed by atoms with Crippen molar-refractivity contribution in [1.82, 2.24) is 14.9 Å². The number of carbonyl (C=O) groups excluding carboxylic acids is 1. The Morgan fingerprint density at radius 2 is 2.14 bits per heavy atom. The third kappa shape index (κ3) is 4.85. The third-order valence-electron chi connectivity index (χ3n) is 5.18. The van der Waals surface area contributed by atoms with Gasteiger partial charge in [-0.3, -0.25) is 4.79 Å². The maximum absolute atomic E-state index is 12.7. The number of thioether (sulfide) groups is 1. The summed E-state index contributed by atoms with van der Waals surface area (Å²) in [5, 5.41) is 4.33. The molecule has 0 saturated carbocycles. The molecule has 29 heavy (non-hydrogen) atoms. The third-order valence-corrected chi connectivity index (χ3v) is 6.04. The molecular weight excluding hydrogens is 384 g/mol. The van der Waals surface area contributed by atoms with Crippen molar-refractivity contribution in [2.24, 2.45) is 0 Å². The van der Waals surface area contributed by atoms with E-state index in [2.05, 4.69) is 28.3 Å². The standard InChI is InChI=1S/C22H26N4O2S/c1-15-5-10-19-20(12-15)25-22(24-19)29-14-21(27)26-11-3-4-17(13-26)23-16-6-8-18(28-2)9-7-16/h5-10,12,17,23H,3-4,11,13-14H2,1-2H3,(H,24,25)/t17-/m1/s1. The van der Waals surface area contributed by atoms with Gasteiger partial charge in [0.2, 0.25) is 5.91 Å². The Bertz CT molecular complexity index is 986. The molecule has 6 nitrogen and oxygen atoms in total. The van der Waals surface area contributed by atoms with Crippen LogP contribution in [-0.4, -0.2) is 52.8 Å². The highest BCUT2D eigenvalue weighted by Gasteiger charge is 2.23. The molecule has 0 spiro atoms. The molecule has 1 aliphatic rings. The predicted molar refractivity (Wildman–Crippen MR) is 118 cm³/mol. The lowest BCUT2D eigenvalue weighted by atomic mass is 10.1. The van der Waals surface area contributed by atoms with Crippen LogP contribution in [0, 0.1) is 6.92 Å². The number of nitrogens with one attached hydrogen (secondary N) is 2. The first kappa shape index (κ1) is 19.6. The lowest BCUT2D eigenvalue weighted by Gasteiger charge is -2.33. The van der Waals surface area contributed by atoms with Crippen LogP contribution >= 0.6 is 11.8 Å². The van der Waals surface area contributed by atoms with Gasteiger partial charge in [0.25, 0.3) is 0 Å². The minimum absolute atomic E-state index is 0.160. The monoisotopic (exact) mass is 410 g/mol. The Morgan fingerprint density at radius 3 is 2.93 bits per heavy atom. The molecule has 1 fully saturated rings. The number of fused-ring (bicyclic) bond motifs is 1. The van der Waals surface area contributed by atoms with Crippen LogP contribution in [0.4, 0.5) is 5.69 Å². The van der Waals surface area contributed by atoms with E-state index in [9.17, 15) is 4.79 Å². The Labute approximate surface area is 175 Å². The first-order valence-electron chi connectivity index (χ1n) is 9.88. The molecule has 2 aromatic carbocycles. The highest BCUT2D eigenvalue weighted by molar-refractivity contribution is 7.99. The number of aromatic nitrogens is 2. The molecule has 1 atom stereocenters. The van der Waals surface area contributed by atoms with Gasteiger partial charge in [0.05, 0.1) is 23.9 Å². The first-order chi connectivity index (χ1) is 14.1. The molecular formula is C22H26N4O2S. The van der Waals surface area contributed by atoms with Crippen molar-refractivity contribution < 1.29 is 9.53 Å². The fourth-order valence-corrected chi connectivity index (χ4v) is 4.42. The number of carbonyl (C=O) groups is 1. The summed E-state index contributed by atoms with van der Waals surface area (Å²) in [7, 11) is 1.66. The second-order valence-electron chi connectivity index (χ2n) is 7.40.